The van der Waals surface area contributed by atoms with Gasteiger partial charge in [-0.25, -0.2) is 0 Å². The van der Waals surface area contributed by atoms with Crippen LogP contribution in [0.1, 0.15) is 33.8 Å². The van der Waals surface area contributed by atoms with Crippen molar-refractivity contribution < 1.29 is 9.59 Å². The summed E-state index contributed by atoms with van der Waals surface area (Å²) in [6.45, 7) is 4.31. The van der Waals surface area contributed by atoms with Gasteiger partial charge in [0.15, 0.2) is 0 Å². The highest BCUT2D eigenvalue weighted by molar-refractivity contribution is 8.19. The maximum Gasteiger partial charge on any atom is 0.253 e. The first-order valence-electron chi connectivity index (χ1n) is 8.03. The highest BCUT2D eigenvalue weighted by Crippen LogP contribution is 2.45. The van der Waals surface area contributed by atoms with Crippen molar-refractivity contribution >= 4 is 35.3 Å². The van der Waals surface area contributed by atoms with E-state index in [1.165, 1.54) is 17.1 Å². The third kappa shape index (κ3) is 4.04. The van der Waals surface area contributed by atoms with Gasteiger partial charge in [-0.15, -0.1) is 23.5 Å². The molecule has 0 bridgehead atoms. The summed E-state index contributed by atoms with van der Waals surface area (Å²) in [5.41, 5.74) is 2.05. The normalized spacial score (nSPS) is 19.7. The van der Waals surface area contributed by atoms with Crippen molar-refractivity contribution in [3.8, 4) is 0 Å². The van der Waals surface area contributed by atoms with Crippen molar-refractivity contribution in [1.29, 1.82) is 0 Å². The minimum Gasteiger partial charge on any atom is -0.341 e. The van der Waals surface area contributed by atoms with Crippen molar-refractivity contribution in [2.24, 2.45) is 0 Å². The second kappa shape index (κ2) is 7.62. The molecule has 1 aromatic carbocycles. The maximum absolute atomic E-state index is 12.7. The fourth-order valence-corrected chi connectivity index (χ4v) is 5.81. The molecule has 2 aliphatic heterocycles. The number of rotatable bonds is 2. The topological polar surface area (TPSA) is 40.6 Å². The monoisotopic (exact) mass is 350 g/mol. The molecule has 0 atom stereocenters. The summed E-state index contributed by atoms with van der Waals surface area (Å²) in [5.74, 6) is 2.58. The van der Waals surface area contributed by atoms with Gasteiger partial charge in [-0.05, 0) is 24.1 Å². The Morgan fingerprint density at radius 2 is 1.57 bits per heavy atom. The Labute approximate surface area is 146 Å². The molecule has 0 saturated carbocycles. The van der Waals surface area contributed by atoms with E-state index < -0.39 is 0 Å². The van der Waals surface area contributed by atoms with Crippen molar-refractivity contribution in [2.45, 2.75) is 17.9 Å². The van der Waals surface area contributed by atoms with Gasteiger partial charge in [-0.1, -0.05) is 12.1 Å². The number of nitrogens with zero attached hydrogens (tertiary/aromatic N) is 2. The zero-order valence-electron chi connectivity index (χ0n) is 13.4. The summed E-state index contributed by atoms with van der Waals surface area (Å²) in [5, 5.41) is 0. The van der Waals surface area contributed by atoms with Crippen LogP contribution in [0.4, 0.5) is 0 Å². The lowest BCUT2D eigenvalue weighted by molar-refractivity contribution is -0.128. The van der Waals surface area contributed by atoms with Crippen molar-refractivity contribution in [2.75, 3.05) is 37.7 Å². The molecular weight excluding hydrogens is 328 g/mol. The molecule has 2 saturated heterocycles. The first kappa shape index (κ1) is 16.7. The molecule has 124 valence electrons. The van der Waals surface area contributed by atoms with Gasteiger partial charge in [0.05, 0.1) is 4.58 Å². The van der Waals surface area contributed by atoms with E-state index in [0.29, 0.717) is 17.7 Å². The maximum atomic E-state index is 12.7. The smallest absolute Gasteiger partial charge is 0.253 e. The molecule has 2 fully saturated rings. The first-order valence-corrected chi connectivity index (χ1v) is 10.1. The number of thioether (sulfide) groups is 2. The third-order valence-electron chi connectivity index (χ3n) is 4.28. The van der Waals surface area contributed by atoms with Crippen molar-refractivity contribution in [1.82, 2.24) is 9.80 Å². The zero-order chi connectivity index (χ0) is 16.2. The largest absolute Gasteiger partial charge is 0.341 e. The Kier molecular flexibility index (Phi) is 5.54. The highest BCUT2D eigenvalue weighted by Gasteiger charge is 2.22. The van der Waals surface area contributed by atoms with E-state index in [2.05, 4.69) is 12.1 Å². The summed E-state index contributed by atoms with van der Waals surface area (Å²) >= 11 is 3.95. The van der Waals surface area contributed by atoms with E-state index in [4.69, 9.17) is 0 Å². The van der Waals surface area contributed by atoms with E-state index in [0.717, 1.165) is 25.1 Å². The Balaban J connectivity index is 1.64. The van der Waals surface area contributed by atoms with Crippen LogP contribution in [0.25, 0.3) is 0 Å². The molecular formula is C17H22N2O2S2. The number of hydrogen-bond donors (Lipinski definition) is 0. The van der Waals surface area contributed by atoms with Crippen LogP contribution in [0.5, 0.6) is 0 Å². The average Bonchev–Trinajstić information content (AvgIpc) is 2.98. The fourth-order valence-electron chi connectivity index (χ4n) is 2.95. The molecule has 0 unspecified atom stereocenters. The molecule has 0 aromatic heterocycles. The van der Waals surface area contributed by atoms with Gasteiger partial charge in [-0.2, -0.15) is 0 Å². The van der Waals surface area contributed by atoms with Crippen LogP contribution in [0, 0.1) is 0 Å². The van der Waals surface area contributed by atoms with E-state index >= 15 is 0 Å². The van der Waals surface area contributed by atoms with E-state index in [9.17, 15) is 9.59 Å². The molecule has 1 aromatic rings. The van der Waals surface area contributed by atoms with Gasteiger partial charge in [0.2, 0.25) is 5.91 Å². The van der Waals surface area contributed by atoms with Crippen LogP contribution in [-0.4, -0.2) is 59.3 Å². The van der Waals surface area contributed by atoms with Crippen LogP contribution in [0.3, 0.4) is 0 Å². The summed E-state index contributed by atoms with van der Waals surface area (Å²) in [6, 6.07) is 8.07. The van der Waals surface area contributed by atoms with Crippen molar-refractivity contribution in [3.63, 3.8) is 0 Å². The molecule has 6 heteroatoms. The van der Waals surface area contributed by atoms with Crippen LogP contribution in [0.2, 0.25) is 0 Å². The molecule has 23 heavy (non-hydrogen) atoms. The Hall–Kier alpha value is -1.14. The van der Waals surface area contributed by atoms with Gasteiger partial charge >= 0.3 is 0 Å². The van der Waals surface area contributed by atoms with Crippen LogP contribution in [-0.2, 0) is 4.79 Å². The lowest BCUT2D eigenvalue weighted by Crippen LogP contribution is -2.36. The lowest BCUT2D eigenvalue weighted by atomic mass is 10.1. The Bertz CT molecular complexity index is 570. The molecule has 0 radical (unpaired) electrons. The number of hydrogen-bond acceptors (Lipinski definition) is 4. The summed E-state index contributed by atoms with van der Waals surface area (Å²) in [7, 11) is 0. The molecule has 3 rings (SSSR count). The Morgan fingerprint density at radius 1 is 0.957 bits per heavy atom. The summed E-state index contributed by atoms with van der Waals surface area (Å²) in [4.78, 5) is 27.8. The number of carbonyl (C=O) groups is 2. The van der Waals surface area contributed by atoms with Crippen LogP contribution < -0.4 is 0 Å². The predicted octanol–water partition coefficient (Wildman–Crippen LogP) is 2.86. The summed E-state index contributed by atoms with van der Waals surface area (Å²) in [6.07, 6.45) is 0.846. The second-order valence-electron chi connectivity index (χ2n) is 5.85. The number of amides is 2. The van der Waals surface area contributed by atoms with E-state index in [-0.39, 0.29) is 11.8 Å². The SMILES string of the molecule is CC(=O)N1CCCN(C(=O)c2ccc(C3SCCS3)cc2)CC1. The Morgan fingerprint density at radius 3 is 2.22 bits per heavy atom. The minimum atomic E-state index is 0.0775. The molecule has 4 nitrogen and oxygen atoms in total. The minimum absolute atomic E-state index is 0.0775. The molecule has 0 N–H and O–H groups in total. The van der Waals surface area contributed by atoms with Gasteiger partial charge < -0.3 is 9.80 Å². The molecule has 2 aliphatic rings. The van der Waals surface area contributed by atoms with E-state index in [1.54, 1.807) is 6.92 Å². The molecule has 2 amide bonds. The van der Waals surface area contributed by atoms with Crippen LogP contribution in [0.15, 0.2) is 24.3 Å². The zero-order valence-corrected chi connectivity index (χ0v) is 15.0. The van der Waals surface area contributed by atoms with Gasteiger partial charge in [0.25, 0.3) is 5.91 Å². The number of carbonyl (C=O) groups excluding carboxylic acids is 2. The third-order valence-corrected chi connectivity index (χ3v) is 7.38. The predicted molar refractivity (Wildman–Crippen MR) is 96.9 cm³/mol. The van der Waals surface area contributed by atoms with Gasteiger partial charge in [0.1, 0.15) is 0 Å². The van der Waals surface area contributed by atoms with Crippen LogP contribution >= 0.6 is 23.5 Å². The van der Waals surface area contributed by atoms with E-state index in [1.807, 2.05) is 45.5 Å². The second-order valence-corrected chi connectivity index (χ2v) is 8.57. The standard InChI is InChI=1S/C17H22N2O2S2/c1-13(20)18-7-2-8-19(10-9-18)16(21)14-3-5-15(6-4-14)17-22-11-12-23-17/h3-6,17H,2,7-12H2,1H3. The van der Waals surface area contributed by atoms with Crippen molar-refractivity contribution in [3.05, 3.63) is 35.4 Å². The highest BCUT2D eigenvalue weighted by atomic mass is 32.2. The average molecular weight is 351 g/mol. The fraction of sp³-hybridized carbons (Fsp3) is 0.529. The first-order chi connectivity index (χ1) is 11.1. The van der Waals surface area contributed by atoms with Gasteiger partial charge in [-0.3, -0.25) is 9.59 Å². The summed E-state index contributed by atoms with van der Waals surface area (Å²) < 4.78 is 0.515. The van der Waals surface area contributed by atoms with Gasteiger partial charge in [0, 0.05) is 50.2 Å². The lowest BCUT2D eigenvalue weighted by Gasteiger charge is -2.21. The number of benzene rings is 1. The quantitative estimate of drug-likeness (QED) is 0.822. The molecule has 0 aliphatic carbocycles. The molecule has 2 heterocycles. The molecule has 0 spiro atoms.